The van der Waals surface area contributed by atoms with E-state index in [1.165, 1.54) is 10.9 Å². The molecule has 0 bridgehead atoms. The Balaban J connectivity index is 1.59. The number of fused-ring (bicyclic) bond motifs is 1. The molecule has 0 aromatic carbocycles. The molecule has 0 spiro atoms. The highest BCUT2D eigenvalue weighted by Crippen LogP contribution is 2.34. The van der Waals surface area contributed by atoms with Crippen molar-refractivity contribution in [2.75, 3.05) is 18.9 Å². The van der Waals surface area contributed by atoms with Crippen LogP contribution >= 0.6 is 11.6 Å². The van der Waals surface area contributed by atoms with Gasteiger partial charge in [-0.2, -0.15) is 9.97 Å². The summed E-state index contributed by atoms with van der Waals surface area (Å²) in [5, 5.41) is 10.0. The molecule has 12 heteroatoms. The first-order valence-corrected chi connectivity index (χ1v) is 9.72. The number of carbonyl (C=O) groups excluding carboxylic acids is 1. The van der Waals surface area contributed by atoms with Gasteiger partial charge in [-0.05, 0) is 18.0 Å². The number of ether oxygens (including phenoxy) is 3. The summed E-state index contributed by atoms with van der Waals surface area (Å²) in [5.41, 5.74) is 6.13. The zero-order valence-electron chi connectivity index (χ0n) is 15.8. The highest BCUT2D eigenvalue weighted by molar-refractivity contribution is 6.28. The Labute approximate surface area is 171 Å². The number of carbonyl (C=O) groups is 1. The number of halogens is 2. The average Bonchev–Trinajstić information content (AvgIpc) is 3.22. The number of hydrogen-bond donors (Lipinski definition) is 2. The van der Waals surface area contributed by atoms with Gasteiger partial charge in [0.15, 0.2) is 23.9 Å². The molecule has 160 valence electrons. The number of unbranched alkanes of at least 4 members (excludes halogenated alkanes) is 3. The van der Waals surface area contributed by atoms with Crippen LogP contribution in [-0.2, 0) is 14.2 Å². The third kappa shape index (κ3) is 4.85. The molecule has 0 unspecified atom stereocenters. The minimum atomic E-state index is -1.82. The molecule has 29 heavy (non-hydrogen) atoms. The fourth-order valence-electron chi connectivity index (χ4n) is 3.04. The standard InChI is InChI=1S/C17H23ClFN5O5/c1-2-3-4-5-6-27-17(26)28-7-9-12(25)10(19)15(29-9)24-8-21-11-13(20)22-16(18)23-14(11)24/h8-10,12,15,25H,2-7H2,1H3,(H2,20,22,23)/t9-,10+,12-,15-/m1/s1. The van der Waals surface area contributed by atoms with Gasteiger partial charge in [-0.25, -0.2) is 14.2 Å². The van der Waals surface area contributed by atoms with Crippen molar-refractivity contribution in [3.05, 3.63) is 11.6 Å². The number of aromatic nitrogens is 4. The van der Waals surface area contributed by atoms with Gasteiger partial charge in [0.2, 0.25) is 5.28 Å². The van der Waals surface area contributed by atoms with Crippen molar-refractivity contribution in [1.29, 1.82) is 0 Å². The zero-order valence-corrected chi connectivity index (χ0v) is 16.6. The number of rotatable bonds is 8. The van der Waals surface area contributed by atoms with E-state index in [-0.39, 0.29) is 35.5 Å². The monoisotopic (exact) mass is 431 g/mol. The van der Waals surface area contributed by atoms with E-state index in [1.807, 2.05) is 0 Å². The summed E-state index contributed by atoms with van der Waals surface area (Å²) in [6, 6.07) is 0. The zero-order chi connectivity index (χ0) is 21.0. The van der Waals surface area contributed by atoms with Gasteiger partial charge in [0.25, 0.3) is 0 Å². The largest absolute Gasteiger partial charge is 0.508 e. The lowest BCUT2D eigenvalue weighted by molar-refractivity contribution is -0.0583. The number of hydrogen-bond acceptors (Lipinski definition) is 9. The number of nitrogens with two attached hydrogens (primary N) is 1. The van der Waals surface area contributed by atoms with Crippen LogP contribution < -0.4 is 5.73 Å². The number of nitrogens with zero attached hydrogens (tertiary/aromatic N) is 4. The summed E-state index contributed by atoms with van der Waals surface area (Å²) >= 11 is 5.81. The van der Waals surface area contributed by atoms with Crippen molar-refractivity contribution in [2.45, 2.75) is 57.2 Å². The lowest BCUT2D eigenvalue weighted by Crippen LogP contribution is -2.32. The van der Waals surface area contributed by atoms with Crippen molar-refractivity contribution in [1.82, 2.24) is 19.5 Å². The first-order valence-electron chi connectivity index (χ1n) is 9.35. The van der Waals surface area contributed by atoms with Gasteiger partial charge in [0.05, 0.1) is 12.9 Å². The predicted molar refractivity (Wildman–Crippen MR) is 101 cm³/mol. The van der Waals surface area contributed by atoms with E-state index in [4.69, 9.17) is 31.5 Å². The smallest absolute Gasteiger partial charge is 0.434 e. The van der Waals surface area contributed by atoms with Crippen LogP contribution in [0.1, 0.15) is 38.8 Å². The van der Waals surface area contributed by atoms with Crippen LogP contribution in [0.25, 0.3) is 11.2 Å². The van der Waals surface area contributed by atoms with Crippen LogP contribution in [0.5, 0.6) is 0 Å². The summed E-state index contributed by atoms with van der Waals surface area (Å²) in [4.78, 5) is 23.5. The van der Waals surface area contributed by atoms with E-state index in [0.29, 0.717) is 0 Å². The summed E-state index contributed by atoms with van der Waals surface area (Å²) in [5.74, 6) is 0.0364. The third-order valence-corrected chi connectivity index (χ3v) is 4.74. The number of aliphatic hydroxyl groups is 1. The molecule has 1 aliphatic rings. The van der Waals surface area contributed by atoms with Crippen LogP contribution in [0.2, 0.25) is 5.28 Å². The molecule has 0 aliphatic carbocycles. The third-order valence-electron chi connectivity index (χ3n) is 4.57. The van der Waals surface area contributed by atoms with E-state index in [1.54, 1.807) is 0 Å². The summed E-state index contributed by atoms with van der Waals surface area (Å²) in [6.45, 7) is 1.96. The molecule has 3 heterocycles. The molecule has 3 rings (SSSR count). The Kier molecular flexibility index (Phi) is 7.04. The Morgan fingerprint density at radius 2 is 2.17 bits per heavy atom. The minimum Gasteiger partial charge on any atom is -0.434 e. The fraction of sp³-hybridized carbons (Fsp3) is 0.647. The molecule has 10 nitrogen and oxygen atoms in total. The van der Waals surface area contributed by atoms with Crippen LogP contribution in [0.3, 0.4) is 0 Å². The molecule has 3 N–H and O–H groups in total. The van der Waals surface area contributed by atoms with E-state index in [9.17, 15) is 14.3 Å². The molecule has 0 amide bonds. The number of aliphatic hydroxyl groups excluding tert-OH is 1. The van der Waals surface area contributed by atoms with Gasteiger partial charge in [-0.3, -0.25) is 4.57 Å². The second-order valence-electron chi connectivity index (χ2n) is 6.67. The first-order chi connectivity index (χ1) is 13.9. The maximum atomic E-state index is 14.7. The number of nitrogen functional groups attached to an aromatic ring is 1. The van der Waals surface area contributed by atoms with Crippen molar-refractivity contribution in [3.8, 4) is 0 Å². The SMILES string of the molecule is CCCCCCOC(=O)OC[C@H]1O[C@@H](n2cnc3c(N)nc(Cl)nc32)[C@@H](F)[C@@H]1O. The van der Waals surface area contributed by atoms with Crippen molar-refractivity contribution < 1.29 is 28.5 Å². The Hall–Kier alpha value is -2.24. The molecule has 0 radical (unpaired) electrons. The lowest BCUT2D eigenvalue weighted by Gasteiger charge is -2.15. The van der Waals surface area contributed by atoms with Crippen molar-refractivity contribution in [2.24, 2.45) is 0 Å². The molecule has 4 atom stereocenters. The molecule has 1 aliphatic heterocycles. The first kappa shape index (κ1) is 21.5. The van der Waals surface area contributed by atoms with Crippen molar-refractivity contribution >= 4 is 34.7 Å². The van der Waals surface area contributed by atoms with Crippen LogP contribution in [0.4, 0.5) is 15.0 Å². The van der Waals surface area contributed by atoms with Gasteiger partial charge in [-0.1, -0.05) is 26.2 Å². The van der Waals surface area contributed by atoms with Crippen LogP contribution in [0.15, 0.2) is 6.33 Å². The summed E-state index contributed by atoms with van der Waals surface area (Å²) in [6.07, 6.45) is -1.48. The van der Waals surface area contributed by atoms with E-state index in [2.05, 4.69) is 21.9 Å². The number of imidazole rings is 1. The highest BCUT2D eigenvalue weighted by atomic mass is 35.5. The molecule has 1 saturated heterocycles. The fourth-order valence-corrected chi connectivity index (χ4v) is 3.21. The maximum absolute atomic E-state index is 14.7. The lowest BCUT2D eigenvalue weighted by atomic mass is 10.1. The number of anilines is 1. The van der Waals surface area contributed by atoms with Gasteiger partial charge < -0.3 is 25.1 Å². The molecule has 2 aromatic heterocycles. The Morgan fingerprint density at radius 3 is 2.93 bits per heavy atom. The van der Waals surface area contributed by atoms with Crippen LogP contribution in [0, 0.1) is 0 Å². The molecular weight excluding hydrogens is 409 g/mol. The second-order valence-corrected chi connectivity index (χ2v) is 7.01. The summed E-state index contributed by atoms with van der Waals surface area (Å²) < 4.78 is 31.4. The van der Waals surface area contributed by atoms with Gasteiger partial charge in [0, 0.05) is 0 Å². The Morgan fingerprint density at radius 1 is 1.38 bits per heavy atom. The summed E-state index contributed by atoms with van der Waals surface area (Å²) in [7, 11) is 0. The van der Waals surface area contributed by atoms with E-state index < -0.39 is 30.8 Å². The predicted octanol–water partition coefficient (Wildman–Crippen LogP) is 2.39. The van der Waals surface area contributed by atoms with Gasteiger partial charge in [0.1, 0.15) is 24.3 Å². The quantitative estimate of drug-likeness (QED) is 0.367. The topological polar surface area (TPSA) is 135 Å². The van der Waals surface area contributed by atoms with E-state index in [0.717, 1.165) is 25.7 Å². The van der Waals surface area contributed by atoms with Gasteiger partial charge in [-0.15, -0.1) is 0 Å². The molecular formula is C17H23ClFN5O5. The highest BCUT2D eigenvalue weighted by Gasteiger charge is 2.46. The molecule has 1 fully saturated rings. The maximum Gasteiger partial charge on any atom is 0.508 e. The number of alkyl halides is 1. The molecule has 0 saturated carbocycles. The van der Waals surface area contributed by atoms with Crippen LogP contribution in [-0.4, -0.2) is 62.4 Å². The normalized spacial score (nSPS) is 24.1. The second kappa shape index (κ2) is 9.51. The minimum absolute atomic E-state index is 0.0364. The average molecular weight is 432 g/mol. The van der Waals surface area contributed by atoms with Gasteiger partial charge >= 0.3 is 6.16 Å². The van der Waals surface area contributed by atoms with E-state index >= 15 is 0 Å². The Bertz CT molecular complexity index is 853. The van der Waals surface area contributed by atoms with Crippen molar-refractivity contribution in [3.63, 3.8) is 0 Å². The molecule has 2 aromatic rings.